The Morgan fingerprint density at radius 3 is 2.65 bits per heavy atom. The maximum atomic E-state index is 12.1. The van der Waals surface area contributed by atoms with Gasteiger partial charge in [0.2, 0.25) is 5.91 Å². The molecule has 0 spiro atoms. The van der Waals surface area contributed by atoms with Crippen molar-refractivity contribution in [2.24, 2.45) is 11.7 Å². The number of para-hydroxylation sites is 1. The number of anilines is 1. The average Bonchev–Trinajstić information content (AvgIpc) is 2.75. The van der Waals surface area contributed by atoms with E-state index in [2.05, 4.69) is 25.2 Å². The first-order valence-corrected chi connectivity index (χ1v) is 7.22. The molecule has 1 fully saturated rings. The fourth-order valence-electron chi connectivity index (χ4n) is 2.87. The highest BCUT2D eigenvalue weighted by atomic mass is 35.5. The molecule has 0 aromatic heterocycles. The highest BCUT2D eigenvalue weighted by molar-refractivity contribution is 5.91. The number of hydrogen-bond acceptors (Lipinski definition) is 2. The number of carbonyl (C=O) groups is 1. The molecule has 0 aliphatic heterocycles. The minimum atomic E-state index is 0. The van der Waals surface area contributed by atoms with Gasteiger partial charge in [-0.3, -0.25) is 4.79 Å². The van der Waals surface area contributed by atoms with E-state index in [9.17, 15) is 4.79 Å². The molecule has 1 aromatic rings. The first-order valence-electron chi connectivity index (χ1n) is 7.22. The Bertz CT molecular complexity index is 448. The quantitative estimate of drug-likeness (QED) is 0.890. The standard InChI is InChI=1S/C16H24N2O.ClH/c1-11(2)13-7-3-4-9-15(13)18-16(19)10-12-6-5-8-14(12)17;/h3-4,7,9,11-12,14H,5-6,8,10,17H2,1-2H3,(H,18,19);1H/t12-,14+;/m0./s1. The zero-order valence-corrected chi connectivity index (χ0v) is 13.1. The van der Waals surface area contributed by atoms with E-state index in [0.29, 0.717) is 18.3 Å². The van der Waals surface area contributed by atoms with Crippen LogP contribution >= 0.6 is 12.4 Å². The van der Waals surface area contributed by atoms with Gasteiger partial charge in [0.05, 0.1) is 0 Å². The van der Waals surface area contributed by atoms with Gasteiger partial charge in [-0.2, -0.15) is 0 Å². The number of carbonyl (C=O) groups excluding carboxylic acids is 1. The van der Waals surface area contributed by atoms with E-state index in [1.165, 1.54) is 5.56 Å². The van der Waals surface area contributed by atoms with Gasteiger partial charge in [0, 0.05) is 18.2 Å². The fraction of sp³-hybridized carbons (Fsp3) is 0.562. The molecule has 112 valence electrons. The fourth-order valence-corrected chi connectivity index (χ4v) is 2.87. The lowest BCUT2D eigenvalue weighted by Gasteiger charge is -2.17. The minimum absolute atomic E-state index is 0. The predicted molar refractivity (Wildman–Crippen MR) is 86.3 cm³/mol. The molecule has 2 atom stereocenters. The Labute approximate surface area is 127 Å². The Kier molecular flexibility index (Phi) is 6.50. The van der Waals surface area contributed by atoms with Crippen LogP contribution in [0.5, 0.6) is 0 Å². The van der Waals surface area contributed by atoms with Crippen molar-refractivity contribution in [1.82, 2.24) is 0 Å². The van der Waals surface area contributed by atoms with Crippen molar-refractivity contribution in [2.75, 3.05) is 5.32 Å². The molecule has 20 heavy (non-hydrogen) atoms. The van der Waals surface area contributed by atoms with Gasteiger partial charge in [-0.25, -0.2) is 0 Å². The summed E-state index contributed by atoms with van der Waals surface area (Å²) in [5.41, 5.74) is 8.14. The van der Waals surface area contributed by atoms with Crippen LogP contribution in [0.1, 0.15) is 51.0 Å². The van der Waals surface area contributed by atoms with Crippen molar-refractivity contribution in [3.63, 3.8) is 0 Å². The minimum Gasteiger partial charge on any atom is -0.327 e. The molecule has 2 rings (SSSR count). The summed E-state index contributed by atoms with van der Waals surface area (Å²) < 4.78 is 0. The van der Waals surface area contributed by atoms with Crippen molar-refractivity contribution in [3.8, 4) is 0 Å². The second-order valence-electron chi connectivity index (χ2n) is 5.85. The van der Waals surface area contributed by atoms with Crippen molar-refractivity contribution in [3.05, 3.63) is 29.8 Å². The van der Waals surface area contributed by atoms with Crippen LogP contribution < -0.4 is 11.1 Å². The average molecular weight is 297 g/mol. The Hall–Kier alpha value is -1.06. The third kappa shape index (κ3) is 4.22. The van der Waals surface area contributed by atoms with E-state index >= 15 is 0 Å². The van der Waals surface area contributed by atoms with Gasteiger partial charge in [0.1, 0.15) is 0 Å². The summed E-state index contributed by atoms with van der Waals surface area (Å²) in [5, 5.41) is 3.04. The highest BCUT2D eigenvalue weighted by Crippen LogP contribution is 2.28. The third-order valence-corrected chi connectivity index (χ3v) is 4.02. The number of amides is 1. The molecule has 1 aliphatic carbocycles. The van der Waals surface area contributed by atoms with E-state index < -0.39 is 0 Å². The molecule has 3 N–H and O–H groups in total. The van der Waals surface area contributed by atoms with Gasteiger partial charge in [-0.1, -0.05) is 38.5 Å². The predicted octanol–water partition coefficient (Wildman–Crippen LogP) is 3.69. The Morgan fingerprint density at radius 1 is 1.35 bits per heavy atom. The van der Waals surface area contributed by atoms with Crippen molar-refractivity contribution >= 4 is 24.0 Å². The molecule has 1 saturated carbocycles. The zero-order valence-electron chi connectivity index (χ0n) is 12.3. The lowest BCUT2D eigenvalue weighted by atomic mass is 9.98. The number of rotatable bonds is 4. The second kappa shape index (κ2) is 7.65. The lowest BCUT2D eigenvalue weighted by molar-refractivity contribution is -0.117. The monoisotopic (exact) mass is 296 g/mol. The highest BCUT2D eigenvalue weighted by Gasteiger charge is 2.26. The maximum absolute atomic E-state index is 12.1. The van der Waals surface area contributed by atoms with Gasteiger partial charge < -0.3 is 11.1 Å². The first-order chi connectivity index (χ1) is 9.08. The number of nitrogens with one attached hydrogen (secondary N) is 1. The summed E-state index contributed by atoms with van der Waals surface area (Å²) >= 11 is 0. The van der Waals surface area contributed by atoms with Crippen molar-refractivity contribution in [1.29, 1.82) is 0 Å². The summed E-state index contributed by atoms with van der Waals surface area (Å²) in [5.74, 6) is 0.854. The van der Waals surface area contributed by atoms with Gasteiger partial charge in [-0.05, 0) is 36.3 Å². The maximum Gasteiger partial charge on any atom is 0.224 e. The molecular formula is C16H25ClN2O. The largest absolute Gasteiger partial charge is 0.327 e. The number of hydrogen-bond donors (Lipinski definition) is 2. The molecule has 0 unspecified atom stereocenters. The Balaban J connectivity index is 0.00000200. The molecule has 0 radical (unpaired) electrons. The summed E-state index contributed by atoms with van der Waals surface area (Å²) in [4.78, 5) is 12.1. The van der Waals surface area contributed by atoms with Crippen LogP contribution in [0.25, 0.3) is 0 Å². The third-order valence-electron chi connectivity index (χ3n) is 4.02. The molecule has 1 amide bonds. The van der Waals surface area contributed by atoms with E-state index in [1.54, 1.807) is 0 Å². The summed E-state index contributed by atoms with van der Waals surface area (Å²) in [7, 11) is 0. The van der Waals surface area contributed by atoms with Crippen LogP contribution in [-0.2, 0) is 4.79 Å². The molecule has 0 heterocycles. The lowest BCUT2D eigenvalue weighted by Crippen LogP contribution is -2.28. The van der Waals surface area contributed by atoms with Crippen molar-refractivity contribution in [2.45, 2.75) is 51.5 Å². The van der Waals surface area contributed by atoms with Crippen molar-refractivity contribution < 1.29 is 4.79 Å². The van der Waals surface area contributed by atoms with Crippen LogP contribution in [0.4, 0.5) is 5.69 Å². The van der Waals surface area contributed by atoms with Crippen LogP contribution in [0.15, 0.2) is 24.3 Å². The summed E-state index contributed by atoms with van der Waals surface area (Å²) in [6.45, 7) is 4.27. The number of nitrogens with two attached hydrogens (primary N) is 1. The zero-order chi connectivity index (χ0) is 13.8. The molecular weight excluding hydrogens is 272 g/mol. The van der Waals surface area contributed by atoms with E-state index in [1.807, 2.05) is 18.2 Å². The normalized spacial score (nSPS) is 21.6. The topological polar surface area (TPSA) is 55.1 Å². The Morgan fingerprint density at radius 2 is 2.05 bits per heavy atom. The van der Waals surface area contributed by atoms with E-state index in [-0.39, 0.29) is 24.4 Å². The summed E-state index contributed by atoms with van der Waals surface area (Å²) in [6, 6.07) is 8.22. The first kappa shape index (κ1) is 17.0. The second-order valence-corrected chi connectivity index (χ2v) is 5.85. The molecule has 4 heteroatoms. The molecule has 0 bridgehead atoms. The van der Waals surface area contributed by atoms with Crippen LogP contribution in [0.3, 0.4) is 0 Å². The number of halogens is 1. The van der Waals surface area contributed by atoms with Gasteiger partial charge in [0.25, 0.3) is 0 Å². The van der Waals surface area contributed by atoms with Crippen LogP contribution in [-0.4, -0.2) is 11.9 Å². The van der Waals surface area contributed by atoms with E-state index in [4.69, 9.17) is 5.73 Å². The summed E-state index contributed by atoms with van der Waals surface area (Å²) in [6.07, 6.45) is 3.84. The molecule has 3 nitrogen and oxygen atoms in total. The van der Waals surface area contributed by atoms with Gasteiger partial charge in [-0.15, -0.1) is 12.4 Å². The number of benzene rings is 1. The SMILES string of the molecule is CC(C)c1ccccc1NC(=O)C[C@@H]1CCC[C@H]1N.Cl. The molecule has 1 aromatic carbocycles. The smallest absolute Gasteiger partial charge is 0.224 e. The van der Waals surface area contributed by atoms with Gasteiger partial charge >= 0.3 is 0 Å². The molecule has 0 saturated heterocycles. The van der Waals surface area contributed by atoms with Crippen LogP contribution in [0.2, 0.25) is 0 Å². The van der Waals surface area contributed by atoms with Crippen LogP contribution in [0, 0.1) is 5.92 Å². The van der Waals surface area contributed by atoms with Gasteiger partial charge in [0.15, 0.2) is 0 Å². The van der Waals surface area contributed by atoms with E-state index in [0.717, 1.165) is 24.9 Å². The molecule has 1 aliphatic rings.